The minimum absolute atomic E-state index is 0.0512. The van der Waals surface area contributed by atoms with Gasteiger partial charge in [0, 0.05) is 29.0 Å². The lowest BCUT2D eigenvalue weighted by Crippen LogP contribution is -2.33. The fourth-order valence-electron chi connectivity index (χ4n) is 5.19. The number of ether oxygens (including phenoxy) is 2. The summed E-state index contributed by atoms with van der Waals surface area (Å²) in [7, 11) is 0. The summed E-state index contributed by atoms with van der Waals surface area (Å²) in [5, 5.41) is 6.06. The van der Waals surface area contributed by atoms with Gasteiger partial charge in [-0.25, -0.2) is 0 Å². The number of rotatable bonds is 1. The summed E-state index contributed by atoms with van der Waals surface area (Å²) in [6.07, 6.45) is 1.43. The Morgan fingerprint density at radius 2 is 1.80 bits per heavy atom. The fraction of sp³-hybridized carbons (Fsp3) is 0.269. The topological polar surface area (TPSA) is 47.6 Å². The molecule has 30 heavy (non-hydrogen) atoms. The van der Waals surface area contributed by atoms with E-state index >= 15 is 0 Å². The number of ketones is 1. The van der Waals surface area contributed by atoms with Crippen LogP contribution >= 0.6 is 0 Å². The number of carbonyl (C=O) groups is 1. The van der Waals surface area contributed by atoms with Gasteiger partial charge < -0.3 is 14.8 Å². The zero-order chi connectivity index (χ0) is 20.5. The van der Waals surface area contributed by atoms with E-state index in [2.05, 4.69) is 61.6 Å². The highest BCUT2D eigenvalue weighted by molar-refractivity contribution is 6.05. The molecule has 0 saturated heterocycles. The summed E-state index contributed by atoms with van der Waals surface area (Å²) in [5.41, 5.74) is 5.22. The van der Waals surface area contributed by atoms with E-state index in [9.17, 15) is 4.79 Å². The minimum Gasteiger partial charge on any atom is -0.454 e. The van der Waals surface area contributed by atoms with Gasteiger partial charge in [0.25, 0.3) is 0 Å². The maximum Gasteiger partial charge on any atom is 0.231 e. The molecule has 6 rings (SSSR count). The van der Waals surface area contributed by atoms with E-state index in [4.69, 9.17) is 9.47 Å². The zero-order valence-corrected chi connectivity index (χ0v) is 17.1. The van der Waals surface area contributed by atoms with Gasteiger partial charge in [0.05, 0.1) is 5.69 Å². The zero-order valence-electron chi connectivity index (χ0n) is 17.1. The van der Waals surface area contributed by atoms with Crippen LogP contribution < -0.4 is 14.8 Å². The van der Waals surface area contributed by atoms with Gasteiger partial charge in [-0.05, 0) is 40.5 Å². The predicted octanol–water partition coefficient (Wildman–Crippen LogP) is 5.77. The second-order valence-corrected chi connectivity index (χ2v) is 9.25. The Kier molecular flexibility index (Phi) is 3.58. The molecule has 0 bridgehead atoms. The van der Waals surface area contributed by atoms with Gasteiger partial charge in [-0.3, -0.25) is 4.79 Å². The van der Waals surface area contributed by atoms with Crippen LogP contribution in [0, 0.1) is 5.41 Å². The van der Waals surface area contributed by atoms with Gasteiger partial charge >= 0.3 is 0 Å². The van der Waals surface area contributed by atoms with E-state index in [1.165, 1.54) is 10.8 Å². The standard InChI is InChI=1S/C26H23NO3/c1-26(2)12-19-24(20(28)13-26)23(16-8-10-21-22(11-16)30-14-29-21)18-9-7-15-5-3-4-6-17(15)25(18)27-19/h3-11,23,27H,12-14H2,1-2H3. The molecule has 2 heterocycles. The van der Waals surface area contributed by atoms with Crippen LogP contribution in [0.25, 0.3) is 10.8 Å². The Morgan fingerprint density at radius 3 is 2.70 bits per heavy atom. The molecule has 0 radical (unpaired) electrons. The number of hydrogen-bond acceptors (Lipinski definition) is 4. The molecule has 4 nitrogen and oxygen atoms in total. The monoisotopic (exact) mass is 397 g/mol. The molecule has 150 valence electrons. The summed E-state index contributed by atoms with van der Waals surface area (Å²) in [4.78, 5) is 13.4. The molecule has 3 aromatic carbocycles. The van der Waals surface area contributed by atoms with Crippen LogP contribution in [0.1, 0.15) is 43.7 Å². The van der Waals surface area contributed by atoms with Crippen LogP contribution in [-0.4, -0.2) is 12.6 Å². The molecule has 0 aromatic heterocycles. The van der Waals surface area contributed by atoms with Gasteiger partial charge in [-0.2, -0.15) is 0 Å². The summed E-state index contributed by atoms with van der Waals surface area (Å²) in [5.74, 6) is 1.63. The van der Waals surface area contributed by atoms with Gasteiger partial charge in [-0.1, -0.05) is 56.3 Å². The van der Waals surface area contributed by atoms with Crippen LogP contribution in [0.2, 0.25) is 0 Å². The molecule has 0 spiro atoms. The molecule has 0 amide bonds. The van der Waals surface area contributed by atoms with Crippen molar-refractivity contribution in [2.45, 2.75) is 32.6 Å². The van der Waals surface area contributed by atoms with Crippen LogP contribution in [0.4, 0.5) is 5.69 Å². The molecule has 1 aliphatic carbocycles. The average molecular weight is 397 g/mol. The van der Waals surface area contributed by atoms with Crippen LogP contribution in [0.15, 0.2) is 65.9 Å². The fourth-order valence-corrected chi connectivity index (χ4v) is 5.19. The lowest BCUT2D eigenvalue weighted by molar-refractivity contribution is -0.118. The summed E-state index contributed by atoms with van der Waals surface area (Å²) < 4.78 is 11.2. The number of anilines is 1. The molecule has 3 aromatic rings. The molecule has 1 N–H and O–H groups in total. The van der Waals surface area contributed by atoms with Crippen LogP contribution in [0.5, 0.6) is 11.5 Å². The van der Waals surface area contributed by atoms with E-state index < -0.39 is 0 Å². The van der Waals surface area contributed by atoms with Crippen molar-refractivity contribution in [3.63, 3.8) is 0 Å². The van der Waals surface area contributed by atoms with E-state index in [0.29, 0.717) is 6.42 Å². The minimum atomic E-state index is -0.112. The molecule has 0 fully saturated rings. The van der Waals surface area contributed by atoms with E-state index in [1.807, 2.05) is 12.1 Å². The SMILES string of the molecule is CC1(C)CC(=O)C2=C(C1)Nc1c(ccc3ccccc13)C2c1ccc2c(c1)OCO2. The summed E-state index contributed by atoms with van der Waals surface area (Å²) in [6.45, 7) is 4.59. The molecule has 1 atom stereocenters. The maximum atomic E-state index is 13.4. The predicted molar refractivity (Wildman–Crippen MR) is 117 cm³/mol. The number of Topliss-reactive ketones (excluding diaryl/α,β-unsaturated/α-hetero) is 1. The molecule has 4 heteroatoms. The largest absolute Gasteiger partial charge is 0.454 e. The second-order valence-electron chi connectivity index (χ2n) is 9.25. The van der Waals surface area contributed by atoms with Crippen molar-refractivity contribution < 1.29 is 14.3 Å². The highest BCUT2D eigenvalue weighted by Gasteiger charge is 2.41. The van der Waals surface area contributed by atoms with Gasteiger partial charge in [0.15, 0.2) is 17.3 Å². The number of allylic oxidation sites excluding steroid dienone is 2. The molecule has 3 aliphatic rings. The first kappa shape index (κ1) is 17.6. The highest BCUT2D eigenvalue weighted by Crippen LogP contribution is 2.51. The van der Waals surface area contributed by atoms with Crippen molar-refractivity contribution >= 4 is 22.2 Å². The van der Waals surface area contributed by atoms with Crippen molar-refractivity contribution in [1.29, 1.82) is 0 Å². The molecule has 1 unspecified atom stereocenters. The molecular weight excluding hydrogens is 374 g/mol. The lowest BCUT2D eigenvalue weighted by Gasteiger charge is -2.40. The van der Waals surface area contributed by atoms with E-state index in [1.54, 1.807) is 0 Å². The normalized spacial score (nSPS) is 21.3. The van der Waals surface area contributed by atoms with Gasteiger partial charge in [0.1, 0.15) is 0 Å². The Hall–Kier alpha value is -3.27. The van der Waals surface area contributed by atoms with Crippen LogP contribution in [-0.2, 0) is 4.79 Å². The van der Waals surface area contributed by atoms with Crippen LogP contribution in [0.3, 0.4) is 0 Å². The Bertz CT molecular complexity index is 1250. The molecule has 0 saturated carbocycles. The number of benzene rings is 3. The van der Waals surface area contributed by atoms with Crippen molar-refractivity contribution in [3.8, 4) is 11.5 Å². The smallest absolute Gasteiger partial charge is 0.231 e. The van der Waals surface area contributed by atoms with Gasteiger partial charge in [-0.15, -0.1) is 0 Å². The first-order valence-electron chi connectivity index (χ1n) is 10.4. The second kappa shape index (κ2) is 6.11. The van der Waals surface area contributed by atoms with Crippen molar-refractivity contribution in [2.75, 3.05) is 12.1 Å². The van der Waals surface area contributed by atoms with Gasteiger partial charge in [0.2, 0.25) is 6.79 Å². The third-order valence-electron chi connectivity index (χ3n) is 6.49. The third kappa shape index (κ3) is 2.56. The number of nitrogens with one attached hydrogen (secondary N) is 1. The number of fused-ring (bicyclic) bond motifs is 4. The Balaban J connectivity index is 1.61. The Morgan fingerprint density at radius 1 is 0.967 bits per heavy atom. The van der Waals surface area contributed by atoms with E-state index in [0.717, 1.165) is 46.0 Å². The first-order valence-corrected chi connectivity index (χ1v) is 10.4. The molecule has 2 aliphatic heterocycles. The summed E-state index contributed by atoms with van der Waals surface area (Å²) in [6, 6.07) is 18.8. The number of hydrogen-bond donors (Lipinski definition) is 1. The van der Waals surface area contributed by atoms with Crippen molar-refractivity contribution in [1.82, 2.24) is 0 Å². The van der Waals surface area contributed by atoms with Crippen molar-refractivity contribution in [3.05, 3.63) is 77.0 Å². The average Bonchev–Trinajstić information content (AvgIpc) is 3.19. The van der Waals surface area contributed by atoms with E-state index in [-0.39, 0.29) is 23.9 Å². The quantitative estimate of drug-likeness (QED) is 0.566. The lowest BCUT2D eigenvalue weighted by atomic mass is 9.68. The Labute approximate surface area is 175 Å². The maximum absolute atomic E-state index is 13.4. The first-order chi connectivity index (χ1) is 14.5. The van der Waals surface area contributed by atoms with Crippen molar-refractivity contribution in [2.24, 2.45) is 5.41 Å². The third-order valence-corrected chi connectivity index (χ3v) is 6.49. The number of carbonyl (C=O) groups excluding carboxylic acids is 1. The summed E-state index contributed by atoms with van der Waals surface area (Å²) >= 11 is 0. The molecular formula is C26H23NO3. The highest BCUT2D eigenvalue weighted by atomic mass is 16.7.